The Morgan fingerprint density at radius 3 is 2.52 bits per heavy atom. The maximum atomic E-state index is 12.8. The van der Waals surface area contributed by atoms with E-state index in [2.05, 4.69) is 5.32 Å². The molecule has 2 aromatic rings. The van der Waals surface area contributed by atoms with Gasteiger partial charge in [0.2, 0.25) is 5.91 Å². The number of likely N-dealkylation sites (N-methyl/N-ethyl adjacent to an activating group) is 1. The Balaban J connectivity index is 2.14. The van der Waals surface area contributed by atoms with Crippen molar-refractivity contribution in [3.63, 3.8) is 0 Å². The minimum atomic E-state index is -0.634. The smallest absolute Gasteiger partial charge is 0.261 e. The summed E-state index contributed by atoms with van der Waals surface area (Å²) in [4.78, 5) is 26.4. The van der Waals surface area contributed by atoms with Crippen molar-refractivity contribution in [2.24, 2.45) is 0 Å². The highest BCUT2D eigenvalue weighted by molar-refractivity contribution is 6.30. The Morgan fingerprint density at radius 2 is 1.89 bits per heavy atom. The molecule has 0 saturated carbocycles. The summed E-state index contributed by atoms with van der Waals surface area (Å²) in [5, 5.41) is 3.17. The topological polar surface area (TPSA) is 58.6 Å². The number of hydrogen-bond acceptors (Lipinski definition) is 3. The van der Waals surface area contributed by atoms with Gasteiger partial charge in [-0.25, -0.2) is 0 Å². The first-order valence-corrected chi connectivity index (χ1v) is 9.15. The molecule has 0 aliphatic carbocycles. The third kappa shape index (κ3) is 5.73. The summed E-state index contributed by atoms with van der Waals surface area (Å²) >= 11 is 6.04. The second-order valence-corrected chi connectivity index (χ2v) is 6.91. The number of ether oxygens (including phenoxy) is 1. The summed E-state index contributed by atoms with van der Waals surface area (Å²) in [6, 6.07) is 12.3. The molecule has 0 heterocycles. The van der Waals surface area contributed by atoms with E-state index < -0.39 is 6.04 Å². The number of rotatable bonds is 7. The molecule has 0 saturated heterocycles. The summed E-state index contributed by atoms with van der Waals surface area (Å²) in [5.74, 6) is 0.114. The molecule has 0 unspecified atom stereocenters. The lowest BCUT2D eigenvalue weighted by Gasteiger charge is -2.28. The highest BCUT2D eigenvalue weighted by Gasteiger charge is 2.25. The first-order chi connectivity index (χ1) is 12.8. The predicted octanol–water partition coefficient (Wildman–Crippen LogP) is 3.50. The van der Waals surface area contributed by atoms with Crippen LogP contribution in [0.4, 0.5) is 0 Å². The monoisotopic (exact) mass is 388 g/mol. The van der Waals surface area contributed by atoms with E-state index in [0.717, 1.165) is 16.7 Å². The molecule has 6 heteroatoms. The molecule has 5 nitrogen and oxygen atoms in total. The van der Waals surface area contributed by atoms with Crippen molar-refractivity contribution in [3.8, 4) is 5.75 Å². The van der Waals surface area contributed by atoms with E-state index in [1.165, 1.54) is 4.90 Å². The quantitative estimate of drug-likeness (QED) is 0.789. The molecule has 0 radical (unpaired) electrons. The summed E-state index contributed by atoms with van der Waals surface area (Å²) in [7, 11) is 1.55. The zero-order valence-corrected chi connectivity index (χ0v) is 16.8. The molecule has 1 atom stereocenters. The lowest BCUT2D eigenvalue weighted by Crippen LogP contribution is -2.48. The number of carbonyl (C=O) groups excluding carboxylic acids is 2. The van der Waals surface area contributed by atoms with Crippen LogP contribution in [0.5, 0.6) is 5.75 Å². The van der Waals surface area contributed by atoms with E-state index in [0.29, 0.717) is 10.8 Å². The number of benzene rings is 2. The van der Waals surface area contributed by atoms with Crippen molar-refractivity contribution >= 4 is 23.4 Å². The summed E-state index contributed by atoms with van der Waals surface area (Å²) in [5.41, 5.74) is 3.09. The van der Waals surface area contributed by atoms with E-state index >= 15 is 0 Å². The SMILES string of the molecule is CNC(=O)[C@H](C)N(Cc1cccc(Cl)c1)C(=O)COc1ccc(C)c(C)c1. The molecule has 27 heavy (non-hydrogen) atoms. The molecule has 144 valence electrons. The second kappa shape index (κ2) is 9.42. The highest BCUT2D eigenvalue weighted by Crippen LogP contribution is 2.18. The van der Waals surface area contributed by atoms with Crippen LogP contribution in [0, 0.1) is 13.8 Å². The Labute approximate surface area is 165 Å². The van der Waals surface area contributed by atoms with Gasteiger partial charge in [0.05, 0.1) is 0 Å². The predicted molar refractivity (Wildman–Crippen MR) is 107 cm³/mol. The minimum Gasteiger partial charge on any atom is -0.484 e. The van der Waals surface area contributed by atoms with Crippen LogP contribution < -0.4 is 10.1 Å². The average Bonchev–Trinajstić information content (AvgIpc) is 2.65. The van der Waals surface area contributed by atoms with E-state index in [9.17, 15) is 9.59 Å². The van der Waals surface area contributed by atoms with E-state index in [-0.39, 0.29) is 25.0 Å². The molecule has 0 aliphatic heterocycles. The summed E-state index contributed by atoms with van der Waals surface area (Å²) in [6.07, 6.45) is 0. The molecule has 0 aromatic heterocycles. The van der Waals surface area contributed by atoms with E-state index in [1.807, 2.05) is 44.2 Å². The van der Waals surface area contributed by atoms with Crippen LogP contribution in [0.2, 0.25) is 5.02 Å². The van der Waals surface area contributed by atoms with Crippen LogP contribution in [-0.4, -0.2) is 36.4 Å². The van der Waals surface area contributed by atoms with Crippen molar-refractivity contribution in [1.29, 1.82) is 0 Å². The maximum absolute atomic E-state index is 12.8. The summed E-state index contributed by atoms with van der Waals surface area (Å²) in [6.45, 7) is 5.82. The molecule has 0 spiro atoms. The number of carbonyl (C=O) groups is 2. The standard InChI is InChI=1S/C21H25ClN2O3/c1-14-8-9-19(10-15(14)2)27-13-20(25)24(16(3)21(26)23-4)12-17-6-5-7-18(22)11-17/h5-11,16H,12-13H2,1-4H3,(H,23,26)/t16-/m0/s1. The largest absolute Gasteiger partial charge is 0.484 e. The number of nitrogens with one attached hydrogen (secondary N) is 1. The Hall–Kier alpha value is -2.53. The first kappa shape index (κ1) is 20.8. The molecule has 1 N–H and O–H groups in total. The van der Waals surface area contributed by atoms with Gasteiger partial charge in [0.25, 0.3) is 5.91 Å². The van der Waals surface area contributed by atoms with E-state index in [1.54, 1.807) is 26.1 Å². The number of nitrogens with zero attached hydrogens (tertiary/aromatic N) is 1. The fourth-order valence-electron chi connectivity index (χ4n) is 2.66. The van der Waals surface area contributed by atoms with Crippen LogP contribution >= 0.6 is 11.6 Å². The third-order valence-electron chi connectivity index (χ3n) is 4.50. The van der Waals surface area contributed by atoms with Crippen LogP contribution in [0.15, 0.2) is 42.5 Å². The van der Waals surface area contributed by atoms with Crippen LogP contribution in [0.25, 0.3) is 0 Å². The van der Waals surface area contributed by atoms with Crippen LogP contribution in [0.3, 0.4) is 0 Å². The lowest BCUT2D eigenvalue weighted by molar-refractivity contribution is -0.142. The average molecular weight is 389 g/mol. The number of amides is 2. The molecule has 2 rings (SSSR count). The first-order valence-electron chi connectivity index (χ1n) is 8.77. The zero-order chi connectivity index (χ0) is 20.0. The highest BCUT2D eigenvalue weighted by atomic mass is 35.5. The zero-order valence-electron chi connectivity index (χ0n) is 16.1. The van der Waals surface area contributed by atoms with Gasteiger partial charge in [0, 0.05) is 18.6 Å². The second-order valence-electron chi connectivity index (χ2n) is 6.48. The van der Waals surface area contributed by atoms with Gasteiger partial charge in [-0.15, -0.1) is 0 Å². The number of halogens is 1. The van der Waals surface area contributed by atoms with Gasteiger partial charge >= 0.3 is 0 Å². The van der Waals surface area contributed by atoms with Gasteiger partial charge < -0.3 is 15.0 Å². The third-order valence-corrected chi connectivity index (χ3v) is 4.73. The van der Waals surface area contributed by atoms with Crippen molar-refractivity contribution < 1.29 is 14.3 Å². The summed E-state index contributed by atoms with van der Waals surface area (Å²) < 4.78 is 5.66. The minimum absolute atomic E-state index is 0.148. The van der Waals surface area contributed by atoms with Gasteiger partial charge in [0.1, 0.15) is 11.8 Å². The van der Waals surface area contributed by atoms with Crippen molar-refractivity contribution in [1.82, 2.24) is 10.2 Å². The Morgan fingerprint density at radius 1 is 1.15 bits per heavy atom. The van der Waals surface area contributed by atoms with Gasteiger partial charge in [-0.05, 0) is 61.7 Å². The van der Waals surface area contributed by atoms with Crippen molar-refractivity contribution in [2.75, 3.05) is 13.7 Å². The van der Waals surface area contributed by atoms with Crippen molar-refractivity contribution in [3.05, 3.63) is 64.2 Å². The lowest BCUT2D eigenvalue weighted by atomic mass is 10.1. The van der Waals surface area contributed by atoms with Gasteiger partial charge in [0.15, 0.2) is 6.61 Å². The molecular formula is C21H25ClN2O3. The fourth-order valence-corrected chi connectivity index (χ4v) is 2.87. The Kier molecular flexibility index (Phi) is 7.25. The molecule has 0 fully saturated rings. The van der Waals surface area contributed by atoms with E-state index in [4.69, 9.17) is 16.3 Å². The van der Waals surface area contributed by atoms with Gasteiger partial charge in [-0.1, -0.05) is 29.8 Å². The molecule has 2 amide bonds. The maximum Gasteiger partial charge on any atom is 0.261 e. The molecular weight excluding hydrogens is 364 g/mol. The Bertz CT molecular complexity index is 823. The number of hydrogen-bond donors (Lipinski definition) is 1. The molecule has 0 bridgehead atoms. The van der Waals surface area contributed by atoms with Crippen LogP contribution in [-0.2, 0) is 16.1 Å². The molecule has 0 aliphatic rings. The van der Waals surface area contributed by atoms with Gasteiger partial charge in [-0.3, -0.25) is 9.59 Å². The normalized spacial score (nSPS) is 11.6. The number of aryl methyl sites for hydroxylation is 2. The fraction of sp³-hybridized carbons (Fsp3) is 0.333. The van der Waals surface area contributed by atoms with Crippen LogP contribution in [0.1, 0.15) is 23.6 Å². The van der Waals surface area contributed by atoms with Crippen molar-refractivity contribution in [2.45, 2.75) is 33.4 Å². The van der Waals surface area contributed by atoms with Gasteiger partial charge in [-0.2, -0.15) is 0 Å². The molecule has 2 aromatic carbocycles.